The molecule has 0 radical (unpaired) electrons. The van der Waals surface area contributed by atoms with Gasteiger partial charge in [-0.1, -0.05) is 36.2 Å². The third kappa shape index (κ3) is 5.49. The highest BCUT2D eigenvalue weighted by Crippen LogP contribution is 2.46. The predicted molar refractivity (Wildman–Crippen MR) is 147 cm³/mol. The first-order valence-corrected chi connectivity index (χ1v) is 14.2. The zero-order valence-electron chi connectivity index (χ0n) is 22.2. The number of hydrogen-bond acceptors (Lipinski definition) is 9. The fourth-order valence-electron chi connectivity index (χ4n) is 5.68. The standard InChI is InChI=1S/C28H31ClN4O5S/c1-33-25(18-7-6-12-30-16-18)31-32-27(33)39-24-21(34)15-28(38-26(24)35,19-8-4-5-9-19)11-10-17-13-20(29)23(37-3)14-22(17)36-2/h6-7,12-14,16,19,24H,4-5,8-11,15H2,1-3H3. The van der Waals surface area contributed by atoms with Crippen LogP contribution in [0.25, 0.3) is 11.4 Å². The lowest BCUT2D eigenvalue weighted by molar-refractivity contribution is -0.177. The van der Waals surface area contributed by atoms with Crippen molar-refractivity contribution in [2.45, 2.75) is 61.0 Å². The quantitative estimate of drug-likeness (QED) is 0.257. The molecule has 0 spiro atoms. The molecule has 1 saturated heterocycles. The van der Waals surface area contributed by atoms with Gasteiger partial charge in [-0.05, 0) is 55.4 Å². The maximum Gasteiger partial charge on any atom is 0.327 e. The SMILES string of the molecule is COc1cc(OC)c(CCC2(C3CCCC3)CC(=O)C(Sc3nnc(-c4cccnc4)n3C)C(=O)O2)cc1Cl. The Morgan fingerprint density at radius 3 is 2.59 bits per heavy atom. The van der Waals surface area contributed by atoms with E-state index in [2.05, 4.69) is 15.2 Å². The maximum absolute atomic E-state index is 13.6. The number of cyclic esters (lactones) is 1. The third-order valence-electron chi connectivity index (χ3n) is 7.73. The Hall–Kier alpha value is -3.11. The number of halogens is 1. The molecular weight excluding hydrogens is 540 g/mol. The topological polar surface area (TPSA) is 105 Å². The summed E-state index contributed by atoms with van der Waals surface area (Å²) in [5.74, 6) is 1.24. The van der Waals surface area contributed by atoms with Gasteiger partial charge in [0, 0.05) is 37.5 Å². The number of nitrogens with zero attached hydrogens (tertiary/aromatic N) is 4. The molecule has 1 aliphatic heterocycles. The number of hydrogen-bond donors (Lipinski definition) is 0. The van der Waals surface area contributed by atoms with E-state index in [4.69, 9.17) is 25.8 Å². The van der Waals surface area contributed by atoms with E-state index in [1.807, 2.05) is 18.2 Å². The lowest BCUT2D eigenvalue weighted by Crippen LogP contribution is -2.53. The Labute approximate surface area is 236 Å². The minimum Gasteiger partial charge on any atom is -0.496 e. The number of rotatable bonds is 9. The largest absolute Gasteiger partial charge is 0.496 e. The molecule has 3 aromatic rings. The van der Waals surface area contributed by atoms with Gasteiger partial charge in [0.15, 0.2) is 22.0 Å². The van der Waals surface area contributed by atoms with Gasteiger partial charge in [-0.25, -0.2) is 0 Å². The molecule has 0 N–H and O–H groups in total. The lowest BCUT2D eigenvalue weighted by atomic mass is 9.76. The highest BCUT2D eigenvalue weighted by atomic mass is 35.5. The van der Waals surface area contributed by atoms with Gasteiger partial charge in [0.1, 0.15) is 17.1 Å². The first-order valence-electron chi connectivity index (χ1n) is 13.0. The summed E-state index contributed by atoms with van der Waals surface area (Å²) in [5.41, 5.74) is 0.814. The molecule has 1 aliphatic carbocycles. The molecule has 9 nitrogen and oxygen atoms in total. The monoisotopic (exact) mass is 570 g/mol. The first kappa shape index (κ1) is 27.5. The Bertz CT molecular complexity index is 1340. The van der Waals surface area contributed by atoms with Crippen LogP contribution in [0.2, 0.25) is 5.02 Å². The second kappa shape index (κ2) is 11.6. The van der Waals surface area contributed by atoms with Crippen molar-refractivity contribution in [3.8, 4) is 22.9 Å². The van der Waals surface area contributed by atoms with Crippen molar-refractivity contribution in [3.63, 3.8) is 0 Å². The lowest BCUT2D eigenvalue weighted by Gasteiger charge is -2.42. The van der Waals surface area contributed by atoms with Crippen LogP contribution in [0.5, 0.6) is 11.5 Å². The van der Waals surface area contributed by atoms with E-state index in [0.29, 0.717) is 40.3 Å². The van der Waals surface area contributed by atoms with Crippen molar-refractivity contribution in [2.24, 2.45) is 13.0 Å². The normalized spacial score (nSPS) is 21.7. The van der Waals surface area contributed by atoms with Crippen molar-refractivity contribution in [3.05, 3.63) is 47.2 Å². The highest BCUT2D eigenvalue weighted by molar-refractivity contribution is 8.01. The number of aryl methyl sites for hydroxylation is 1. The van der Waals surface area contributed by atoms with E-state index >= 15 is 0 Å². The van der Waals surface area contributed by atoms with Gasteiger partial charge in [-0.3, -0.25) is 14.6 Å². The maximum atomic E-state index is 13.6. The van der Waals surface area contributed by atoms with Crippen LogP contribution < -0.4 is 9.47 Å². The van der Waals surface area contributed by atoms with Crippen molar-refractivity contribution in [2.75, 3.05) is 14.2 Å². The van der Waals surface area contributed by atoms with Crippen molar-refractivity contribution in [1.82, 2.24) is 19.7 Å². The molecule has 2 atom stereocenters. The minimum atomic E-state index is -0.992. The number of benzene rings is 1. The number of esters is 1. The fraction of sp³-hybridized carbons (Fsp3) is 0.464. The van der Waals surface area contributed by atoms with Crippen molar-refractivity contribution >= 4 is 35.1 Å². The van der Waals surface area contributed by atoms with Crippen molar-refractivity contribution < 1.29 is 23.8 Å². The fourth-order valence-corrected chi connectivity index (χ4v) is 6.85. The summed E-state index contributed by atoms with van der Waals surface area (Å²) in [5, 5.41) is 8.44. The van der Waals surface area contributed by atoms with E-state index in [1.54, 1.807) is 44.3 Å². The van der Waals surface area contributed by atoms with Crippen LogP contribution in [0, 0.1) is 5.92 Å². The summed E-state index contributed by atoms with van der Waals surface area (Å²) >= 11 is 7.48. The molecule has 2 aliphatic rings. The van der Waals surface area contributed by atoms with E-state index in [-0.39, 0.29) is 18.1 Å². The summed E-state index contributed by atoms with van der Waals surface area (Å²) < 4.78 is 18.9. The molecule has 1 saturated carbocycles. The van der Waals surface area contributed by atoms with Crippen LogP contribution in [0.3, 0.4) is 0 Å². The van der Waals surface area contributed by atoms with Gasteiger partial charge >= 0.3 is 5.97 Å². The number of ketones is 1. The zero-order valence-corrected chi connectivity index (χ0v) is 23.8. The van der Waals surface area contributed by atoms with Crippen LogP contribution in [0.4, 0.5) is 0 Å². The number of methoxy groups -OCH3 is 2. The summed E-state index contributed by atoms with van der Waals surface area (Å²) in [4.78, 5) is 31.2. The van der Waals surface area contributed by atoms with Gasteiger partial charge < -0.3 is 18.8 Å². The Balaban J connectivity index is 1.36. The molecule has 2 fully saturated rings. The Morgan fingerprint density at radius 2 is 1.92 bits per heavy atom. The number of aromatic nitrogens is 4. The average Bonchev–Trinajstić information content (AvgIpc) is 3.61. The Kier molecular flexibility index (Phi) is 8.13. The number of carbonyl (C=O) groups excluding carboxylic acids is 2. The van der Waals surface area contributed by atoms with Crippen LogP contribution >= 0.6 is 23.4 Å². The molecule has 3 heterocycles. The van der Waals surface area contributed by atoms with Crippen LogP contribution in [0.15, 0.2) is 41.8 Å². The molecule has 206 valence electrons. The molecular formula is C28H31ClN4O5S. The average molecular weight is 571 g/mol. The molecule has 1 aromatic carbocycles. The molecule has 39 heavy (non-hydrogen) atoms. The second-order valence-electron chi connectivity index (χ2n) is 10.0. The van der Waals surface area contributed by atoms with Gasteiger partial charge in [-0.15, -0.1) is 10.2 Å². The summed E-state index contributed by atoms with van der Waals surface area (Å²) in [6.07, 6.45) is 8.56. The highest BCUT2D eigenvalue weighted by Gasteiger charge is 2.52. The van der Waals surface area contributed by atoms with E-state index < -0.39 is 16.8 Å². The molecule has 5 rings (SSSR count). The molecule has 11 heteroatoms. The van der Waals surface area contributed by atoms with E-state index in [1.165, 1.54) is 0 Å². The van der Waals surface area contributed by atoms with Gasteiger partial charge in [0.2, 0.25) is 0 Å². The zero-order chi connectivity index (χ0) is 27.6. The smallest absolute Gasteiger partial charge is 0.327 e. The molecule has 2 aromatic heterocycles. The first-order chi connectivity index (χ1) is 18.8. The van der Waals surface area contributed by atoms with Crippen LogP contribution in [-0.2, 0) is 27.8 Å². The number of Topliss-reactive ketones (excluding diaryl/α,β-unsaturated/α-hetero) is 1. The molecule has 2 unspecified atom stereocenters. The van der Waals surface area contributed by atoms with Gasteiger partial charge in [-0.2, -0.15) is 0 Å². The number of ether oxygens (including phenoxy) is 3. The summed E-state index contributed by atoms with van der Waals surface area (Å²) in [6, 6.07) is 7.27. The second-order valence-corrected chi connectivity index (χ2v) is 11.5. The van der Waals surface area contributed by atoms with E-state index in [9.17, 15) is 9.59 Å². The van der Waals surface area contributed by atoms with Gasteiger partial charge in [0.25, 0.3) is 0 Å². The minimum absolute atomic E-state index is 0.128. The van der Waals surface area contributed by atoms with Crippen molar-refractivity contribution in [1.29, 1.82) is 0 Å². The number of thioether (sulfide) groups is 1. The Morgan fingerprint density at radius 1 is 1.15 bits per heavy atom. The molecule has 0 bridgehead atoms. The summed E-state index contributed by atoms with van der Waals surface area (Å²) in [6.45, 7) is 0. The van der Waals surface area contributed by atoms with Crippen LogP contribution in [-0.4, -0.2) is 56.6 Å². The number of carbonyl (C=O) groups is 2. The molecule has 0 amide bonds. The van der Waals surface area contributed by atoms with Crippen LogP contribution in [0.1, 0.15) is 44.1 Å². The number of pyridine rings is 1. The predicted octanol–water partition coefficient (Wildman–Crippen LogP) is 5.09. The third-order valence-corrected chi connectivity index (χ3v) is 9.29. The van der Waals surface area contributed by atoms with E-state index in [0.717, 1.165) is 48.6 Å². The van der Waals surface area contributed by atoms with Gasteiger partial charge in [0.05, 0.1) is 19.2 Å². The summed E-state index contributed by atoms with van der Waals surface area (Å²) in [7, 11) is 4.95.